The Morgan fingerprint density at radius 3 is 2.40 bits per heavy atom. The van der Waals surface area contributed by atoms with Gasteiger partial charge in [0.1, 0.15) is 0 Å². The highest BCUT2D eigenvalue weighted by molar-refractivity contribution is 5.76. The molecule has 1 amide bonds. The summed E-state index contributed by atoms with van der Waals surface area (Å²) in [5.41, 5.74) is 0. The maximum Gasteiger partial charge on any atom is 0.224 e. The molecule has 0 aromatic carbocycles. The van der Waals surface area contributed by atoms with Crippen LogP contribution in [0.3, 0.4) is 0 Å². The van der Waals surface area contributed by atoms with Gasteiger partial charge in [0.05, 0.1) is 0 Å². The molecule has 0 aromatic rings. The fraction of sp³-hybridized carbons (Fsp3) is 0.909. The molecule has 0 bridgehead atoms. The minimum atomic E-state index is 0.237. The van der Waals surface area contributed by atoms with Crippen LogP contribution in [0, 0.1) is 0 Å². The van der Waals surface area contributed by atoms with Crippen molar-refractivity contribution in [3.63, 3.8) is 0 Å². The van der Waals surface area contributed by atoms with Gasteiger partial charge in [-0.05, 0) is 35.0 Å². The van der Waals surface area contributed by atoms with Crippen LogP contribution in [-0.2, 0) is 4.79 Å². The molecule has 0 heterocycles. The van der Waals surface area contributed by atoms with Crippen molar-refractivity contribution in [3.8, 4) is 0 Å². The molecule has 0 aliphatic carbocycles. The largest absolute Gasteiger partial charge is 0.339 e. The number of carbonyl (C=O) groups excluding carboxylic acids is 1. The number of rotatable bonds is 7. The molecule has 4 heteroatoms. The van der Waals surface area contributed by atoms with Crippen LogP contribution < -0.4 is 5.32 Å². The Balaban J connectivity index is 4.14. The van der Waals surface area contributed by atoms with Crippen LogP contribution in [0.5, 0.6) is 0 Å². The summed E-state index contributed by atoms with van der Waals surface area (Å²) < 4.78 is 0. The molecule has 1 N–H and O–H groups in total. The zero-order valence-electron chi connectivity index (χ0n) is 10.7. The maximum atomic E-state index is 11.8. The lowest BCUT2D eigenvalue weighted by atomic mass is 10.2. The number of nitrogens with zero attached hydrogens (tertiary/aromatic N) is 2. The molecule has 1 atom stereocenters. The first-order valence-corrected chi connectivity index (χ1v) is 5.61. The first-order valence-electron chi connectivity index (χ1n) is 5.61. The van der Waals surface area contributed by atoms with Gasteiger partial charge in [0.25, 0.3) is 0 Å². The van der Waals surface area contributed by atoms with Gasteiger partial charge in [-0.15, -0.1) is 0 Å². The third kappa shape index (κ3) is 5.74. The topological polar surface area (TPSA) is 35.6 Å². The van der Waals surface area contributed by atoms with Gasteiger partial charge in [0.2, 0.25) is 5.91 Å². The number of nitrogens with one attached hydrogen (secondary N) is 1. The lowest BCUT2D eigenvalue weighted by Crippen LogP contribution is -2.44. The van der Waals surface area contributed by atoms with Crippen molar-refractivity contribution < 1.29 is 4.79 Å². The molecule has 0 aliphatic rings. The fourth-order valence-electron chi connectivity index (χ4n) is 1.74. The minimum absolute atomic E-state index is 0.237. The van der Waals surface area contributed by atoms with E-state index < -0.39 is 0 Å². The molecule has 0 saturated carbocycles. The molecular weight excluding hydrogens is 190 g/mol. The zero-order chi connectivity index (χ0) is 11.8. The predicted octanol–water partition coefficient (Wildman–Crippen LogP) is 0.395. The highest BCUT2D eigenvalue weighted by atomic mass is 16.2. The molecule has 0 radical (unpaired) electrons. The molecule has 0 spiro atoms. The van der Waals surface area contributed by atoms with Gasteiger partial charge in [0.15, 0.2) is 0 Å². The van der Waals surface area contributed by atoms with Crippen molar-refractivity contribution in [3.05, 3.63) is 0 Å². The SMILES string of the molecule is CCN(C(=O)CCNC)C(C)CN(C)C. The van der Waals surface area contributed by atoms with E-state index in [9.17, 15) is 4.79 Å². The number of hydrogen-bond donors (Lipinski definition) is 1. The minimum Gasteiger partial charge on any atom is -0.339 e. The second-order valence-corrected chi connectivity index (χ2v) is 4.14. The summed E-state index contributed by atoms with van der Waals surface area (Å²) in [6.07, 6.45) is 0.585. The summed E-state index contributed by atoms with van der Waals surface area (Å²) >= 11 is 0. The van der Waals surface area contributed by atoms with Gasteiger partial charge < -0.3 is 15.1 Å². The molecule has 0 aromatic heterocycles. The van der Waals surface area contributed by atoms with E-state index in [0.717, 1.165) is 19.6 Å². The van der Waals surface area contributed by atoms with Crippen LogP contribution in [-0.4, -0.2) is 62.5 Å². The Bertz CT molecular complexity index is 183. The van der Waals surface area contributed by atoms with Gasteiger partial charge in [-0.3, -0.25) is 4.79 Å². The normalized spacial score (nSPS) is 12.9. The second kappa shape index (κ2) is 7.65. The van der Waals surface area contributed by atoms with Gasteiger partial charge in [-0.2, -0.15) is 0 Å². The van der Waals surface area contributed by atoms with Crippen LogP contribution >= 0.6 is 0 Å². The van der Waals surface area contributed by atoms with E-state index in [4.69, 9.17) is 0 Å². The van der Waals surface area contributed by atoms with E-state index in [0.29, 0.717) is 6.42 Å². The van der Waals surface area contributed by atoms with E-state index in [1.807, 2.05) is 33.0 Å². The lowest BCUT2D eigenvalue weighted by Gasteiger charge is -2.30. The van der Waals surface area contributed by atoms with Gasteiger partial charge in [-0.25, -0.2) is 0 Å². The summed E-state index contributed by atoms with van der Waals surface area (Å²) in [5.74, 6) is 0.237. The third-order valence-corrected chi connectivity index (χ3v) is 2.41. The van der Waals surface area contributed by atoms with Crippen LogP contribution in [0.1, 0.15) is 20.3 Å². The molecule has 15 heavy (non-hydrogen) atoms. The molecular formula is C11H25N3O. The number of amides is 1. The molecule has 0 rings (SSSR count). The first-order chi connectivity index (χ1) is 7.02. The summed E-state index contributed by atoms with van der Waals surface area (Å²) in [5, 5.41) is 3.00. The lowest BCUT2D eigenvalue weighted by molar-refractivity contribution is -0.133. The van der Waals surface area contributed by atoms with Crippen molar-refractivity contribution in [2.45, 2.75) is 26.3 Å². The monoisotopic (exact) mass is 215 g/mol. The summed E-state index contributed by atoms with van der Waals surface area (Å²) in [7, 11) is 5.93. The Labute approximate surface area is 93.6 Å². The summed E-state index contributed by atoms with van der Waals surface area (Å²) in [4.78, 5) is 15.9. The molecule has 1 unspecified atom stereocenters. The van der Waals surface area contributed by atoms with E-state index in [2.05, 4.69) is 17.1 Å². The van der Waals surface area contributed by atoms with Gasteiger partial charge in [0, 0.05) is 32.1 Å². The van der Waals surface area contributed by atoms with Crippen molar-refractivity contribution in [1.29, 1.82) is 0 Å². The molecule has 0 aliphatic heterocycles. The highest BCUT2D eigenvalue weighted by Gasteiger charge is 2.17. The Morgan fingerprint density at radius 1 is 1.40 bits per heavy atom. The van der Waals surface area contributed by atoms with Gasteiger partial charge >= 0.3 is 0 Å². The van der Waals surface area contributed by atoms with Crippen LogP contribution in [0.2, 0.25) is 0 Å². The van der Waals surface area contributed by atoms with Crippen LogP contribution in [0.15, 0.2) is 0 Å². The van der Waals surface area contributed by atoms with E-state index in [1.54, 1.807) is 0 Å². The van der Waals surface area contributed by atoms with E-state index in [-0.39, 0.29) is 11.9 Å². The van der Waals surface area contributed by atoms with E-state index >= 15 is 0 Å². The number of likely N-dealkylation sites (N-methyl/N-ethyl adjacent to an activating group) is 2. The Kier molecular flexibility index (Phi) is 7.34. The first kappa shape index (κ1) is 14.4. The number of carbonyl (C=O) groups is 1. The second-order valence-electron chi connectivity index (χ2n) is 4.14. The summed E-state index contributed by atoms with van der Waals surface area (Å²) in [6, 6.07) is 0.286. The third-order valence-electron chi connectivity index (χ3n) is 2.41. The smallest absolute Gasteiger partial charge is 0.224 e. The van der Waals surface area contributed by atoms with Gasteiger partial charge in [-0.1, -0.05) is 0 Å². The Hall–Kier alpha value is -0.610. The van der Waals surface area contributed by atoms with Crippen LogP contribution in [0.4, 0.5) is 0 Å². The molecule has 4 nitrogen and oxygen atoms in total. The predicted molar refractivity (Wildman–Crippen MR) is 63.9 cm³/mol. The van der Waals surface area contributed by atoms with Crippen molar-refractivity contribution >= 4 is 5.91 Å². The maximum absolute atomic E-state index is 11.8. The van der Waals surface area contributed by atoms with Crippen molar-refractivity contribution in [1.82, 2.24) is 15.1 Å². The molecule has 0 saturated heterocycles. The Morgan fingerprint density at radius 2 is 2.00 bits per heavy atom. The summed E-state index contributed by atoms with van der Waals surface area (Å²) in [6.45, 7) is 6.59. The van der Waals surface area contributed by atoms with Crippen molar-refractivity contribution in [2.24, 2.45) is 0 Å². The standard InChI is InChI=1S/C11H25N3O/c1-6-14(10(2)9-13(4)5)11(15)7-8-12-3/h10,12H,6-9H2,1-5H3. The average molecular weight is 215 g/mol. The molecule has 90 valence electrons. The fourth-order valence-corrected chi connectivity index (χ4v) is 1.74. The molecule has 0 fully saturated rings. The quantitative estimate of drug-likeness (QED) is 0.667. The number of hydrogen-bond acceptors (Lipinski definition) is 3. The van der Waals surface area contributed by atoms with Crippen molar-refractivity contribution in [2.75, 3.05) is 40.8 Å². The van der Waals surface area contributed by atoms with E-state index in [1.165, 1.54) is 0 Å². The zero-order valence-corrected chi connectivity index (χ0v) is 10.7. The average Bonchev–Trinajstić information content (AvgIpc) is 2.14. The van der Waals surface area contributed by atoms with Crippen LogP contribution in [0.25, 0.3) is 0 Å². The highest BCUT2D eigenvalue weighted by Crippen LogP contribution is 2.02.